The monoisotopic (exact) mass is 493 g/mol. The number of carbonyl (C=O) groups is 2. The Balaban J connectivity index is 1.76. The van der Waals surface area contributed by atoms with Crippen LogP contribution in [-0.4, -0.2) is 25.6 Å². The molecule has 0 bridgehead atoms. The lowest BCUT2D eigenvalue weighted by atomic mass is 10.0. The van der Waals surface area contributed by atoms with Crippen molar-refractivity contribution in [3.8, 4) is 16.2 Å². The van der Waals surface area contributed by atoms with Crippen LogP contribution in [0.15, 0.2) is 45.6 Å². The Morgan fingerprint density at radius 1 is 1.21 bits per heavy atom. The third-order valence-corrected chi connectivity index (χ3v) is 6.46. The highest BCUT2D eigenvalue weighted by Crippen LogP contribution is 2.38. The van der Waals surface area contributed by atoms with Gasteiger partial charge in [-0.3, -0.25) is 4.79 Å². The van der Waals surface area contributed by atoms with Gasteiger partial charge in [0.2, 0.25) is 0 Å². The Labute approximate surface area is 185 Å². The standard InChI is InChI=1S/C21H20BrNO4S2/c1-12(2)14-9-13(22)6-7-16(14)27-10-18(24)23-20-19(21(25)26-3)15(11-29-20)17-5-4-8-28-17/h4-9,11-12H,10H2,1-3H3,(H,23,24). The molecule has 29 heavy (non-hydrogen) atoms. The summed E-state index contributed by atoms with van der Waals surface area (Å²) in [6, 6.07) is 9.54. The molecule has 0 atom stereocenters. The molecule has 2 aromatic heterocycles. The fourth-order valence-electron chi connectivity index (χ4n) is 2.78. The van der Waals surface area contributed by atoms with Crippen LogP contribution in [0.5, 0.6) is 5.75 Å². The summed E-state index contributed by atoms with van der Waals surface area (Å²) >= 11 is 6.27. The predicted octanol–water partition coefficient (Wildman–Crippen LogP) is 6.17. The third-order valence-electron chi connectivity index (χ3n) is 4.17. The Bertz CT molecular complexity index is 1010. The second kappa shape index (κ2) is 9.56. The second-order valence-corrected chi connectivity index (χ2v) is 9.24. The van der Waals surface area contributed by atoms with Crippen molar-refractivity contribution >= 4 is 55.5 Å². The van der Waals surface area contributed by atoms with E-state index in [1.807, 2.05) is 41.1 Å². The Morgan fingerprint density at radius 2 is 2.00 bits per heavy atom. The van der Waals surface area contributed by atoms with Crippen LogP contribution < -0.4 is 10.1 Å². The van der Waals surface area contributed by atoms with E-state index in [2.05, 4.69) is 35.1 Å². The quantitative estimate of drug-likeness (QED) is 0.399. The zero-order valence-electron chi connectivity index (χ0n) is 16.2. The van der Waals surface area contributed by atoms with Gasteiger partial charge in [0, 0.05) is 20.3 Å². The summed E-state index contributed by atoms with van der Waals surface area (Å²) in [7, 11) is 1.33. The zero-order chi connectivity index (χ0) is 21.0. The number of nitrogens with one attached hydrogen (secondary N) is 1. The average Bonchev–Trinajstić information content (AvgIpc) is 3.36. The third kappa shape index (κ3) is 5.07. The number of esters is 1. The summed E-state index contributed by atoms with van der Waals surface area (Å²) in [4.78, 5) is 25.8. The molecule has 2 heterocycles. The van der Waals surface area contributed by atoms with E-state index in [9.17, 15) is 9.59 Å². The molecule has 1 aromatic carbocycles. The van der Waals surface area contributed by atoms with Crippen molar-refractivity contribution in [3.05, 3.63) is 56.7 Å². The number of hydrogen-bond acceptors (Lipinski definition) is 6. The van der Waals surface area contributed by atoms with Gasteiger partial charge < -0.3 is 14.8 Å². The van der Waals surface area contributed by atoms with E-state index in [-0.39, 0.29) is 18.4 Å². The molecule has 0 aliphatic carbocycles. The molecule has 0 saturated carbocycles. The first-order valence-electron chi connectivity index (χ1n) is 8.86. The first-order valence-corrected chi connectivity index (χ1v) is 11.4. The van der Waals surface area contributed by atoms with Gasteiger partial charge in [-0.2, -0.15) is 0 Å². The fourth-order valence-corrected chi connectivity index (χ4v) is 4.94. The molecule has 0 spiro atoms. The Kier molecular flexibility index (Phi) is 7.10. The van der Waals surface area contributed by atoms with Crippen molar-refractivity contribution in [2.75, 3.05) is 19.0 Å². The molecule has 152 valence electrons. The van der Waals surface area contributed by atoms with Gasteiger partial charge in [0.1, 0.15) is 16.3 Å². The number of ether oxygens (including phenoxy) is 2. The van der Waals surface area contributed by atoms with Crippen LogP contribution in [0, 0.1) is 0 Å². The van der Waals surface area contributed by atoms with Crippen LogP contribution in [0.4, 0.5) is 5.00 Å². The molecular formula is C21H20BrNO4S2. The van der Waals surface area contributed by atoms with Crippen molar-refractivity contribution in [1.29, 1.82) is 0 Å². The second-order valence-electron chi connectivity index (χ2n) is 6.50. The lowest BCUT2D eigenvalue weighted by Gasteiger charge is -2.14. The first kappa shape index (κ1) is 21.5. The van der Waals surface area contributed by atoms with E-state index in [0.717, 1.165) is 20.5 Å². The summed E-state index contributed by atoms with van der Waals surface area (Å²) in [6.45, 7) is 3.97. The van der Waals surface area contributed by atoms with Crippen LogP contribution in [-0.2, 0) is 9.53 Å². The van der Waals surface area contributed by atoms with E-state index in [0.29, 0.717) is 16.3 Å². The van der Waals surface area contributed by atoms with Crippen LogP contribution in [0.2, 0.25) is 0 Å². The highest BCUT2D eigenvalue weighted by Gasteiger charge is 2.23. The minimum atomic E-state index is -0.485. The number of amides is 1. The minimum Gasteiger partial charge on any atom is -0.483 e. The van der Waals surface area contributed by atoms with Crippen LogP contribution in [0.3, 0.4) is 0 Å². The maximum atomic E-state index is 12.5. The molecule has 3 rings (SSSR count). The van der Waals surface area contributed by atoms with Gasteiger partial charge in [0.15, 0.2) is 6.61 Å². The molecule has 0 unspecified atom stereocenters. The van der Waals surface area contributed by atoms with Crippen molar-refractivity contribution < 1.29 is 19.1 Å². The highest BCUT2D eigenvalue weighted by molar-refractivity contribution is 9.10. The van der Waals surface area contributed by atoms with Gasteiger partial charge >= 0.3 is 5.97 Å². The maximum Gasteiger partial charge on any atom is 0.341 e. The summed E-state index contributed by atoms with van der Waals surface area (Å²) in [5, 5.41) is 7.02. The molecule has 1 amide bonds. The van der Waals surface area contributed by atoms with Crippen molar-refractivity contribution in [2.24, 2.45) is 0 Å². The Hall–Kier alpha value is -2.16. The van der Waals surface area contributed by atoms with E-state index in [1.54, 1.807) is 0 Å². The Morgan fingerprint density at radius 3 is 2.66 bits per heavy atom. The van der Waals surface area contributed by atoms with Crippen molar-refractivity contribution in [1.82, 2.24) is 0 Å². The fraction of sp³-hybridized carbons (Fsp3) is 0.238. The normalized spacial score (nSPS) is 10.8. The molecule has 0 saturated heterocycles. The van der Waals surface area contributed by atoms with E-state index >= 15 is 0 Å². The SMILES string of the molecule is COC(=O)c1c(-c2cccs2)csc1NC(=O)COc1ccc(Br)cc1C(C)C. The predicted molar refractivity (Wildman–Crippen MR) is 121 cm³/mol. The maximum absolute atomic E-state index is 12.5. The van der Waals surface area contributed by atoms with E-state index < -0.39 is 5.97 Å². The lowest BCUT2D eigenvalue weighted by Crippen LogP contribution is -2.21. The summed E-state index contributed by atoms with van der Waals surface area (Å²) in [5.41, 5.74) is 2.13. The number of carbonyl (C=O) groups excluding carboxylic acids is 2. The number of hydrogen-bond donors (Lipinski definition) is 1. The number of methoxy groups -OCH3 is 1. The van der Waals surface area contributed by atoms with E-state index in [1.165, 1.54) is 29.8 Å². The van der Waals surface area contributed by atoms with Crippen LogP contribution in [0.1, 0.15) is 35.7 Å². The van der Waals surface area contributed by atoms with Gasteiger partial charge in [-0.25, -0.2) is 4.79 Å². The molecule has 3 aromatic rings. The van der Waals surface area contributed by atoms with E-state index in [4.69, 9.17) is 9.47 Å². The molecule has 0 aliphatic heterocycles. The molecule has 0 aliphatic rings. The minimum absolute atomic E-state index is 0.159. The summed E-state index contributed by atoms with van der Waals surface area (Å²) in [5.74, 6) is 0.0902. The van der Waals surface area contributed by atoms with Gasteiger partial charge in [0.05, 0.1) is 7.11 Å². The molecule has 0 radical (unpaired) electrons. The molecule has 1 N–H and O–H groups in total. The molecule has 5 nitrogen and oxygen atoms in total. The smallest absolute Gasteiger partial charge is 0.341 e. The van der Waals surface area contributed by atoms with Gasteiger partial charge in [0.25, 0.3) is 5.91 Å². The summed E-state index contributed by atoms with van der Waals surface area (Å²) < 4.78 is 11.6. The first-order chi connectivity index (χ1) is 13.9. The lowest BCUT2D eigenvalue weighted by molar-refractivity contribution is -0.118. The molecule has 0 fully saturated rings. The molecular weight excluding hydrogens is 474 g/mol. The zero-order valence-corrected chi connectivity index (χ0v) is 19.4. The highest BCUT2D eigenvalue weighted by atomic mass is 79.9. The van der Waals surface area contributed by atoms with Gasteiger partial charge in [-0.15, -0.1) is 22.7 Å². The van der Waals surface area contributed by atoms with Gasteiger partial charge in [-0.1, -0.05) is 35.8 Å². The van der Waals surface area contributed by atoms with Crippen molar-refractivity contribution in [3.63, 3.8) is 0 Å². The number of rotatable bonds is 7. The number of benzene rings is 1. The number of anilines is 1. The van der Waals surface area contributed by atoms with Crippen LogP contribution in [0.25, 0.3) is 10.4 Å². The molecule has 8 heteroatoms. The average molecular weight is 494 g/mol. The van der Waals surface area contributed by atoms with Crippen LogP contribution >= 0.6 is 38.6 Å². The number of halogens is 1. The number of thiophene rings is 2. The largest absolute Gasteiger partial charge is 0.483 e. The summed E-state index contributed by atoms with van der Waals surface area (Å²) in [6.07, 6.45) is 0. The van der Waals surface area contributed by atoms with Crippen molar-refractivity contribution in [2.45, 2.75) is 19.8 Å². The van der Waals surface area contributed by atoms with Gasteiger partial charge in [-0.05, 0) is 41.1 Å². The topological polar surface area (TPSA) is 64.6 Å².